The first kappa shape index (κ1) is 15.8. The van der Waals surface area contributed by atoms with Gasteiger partial charge < -0.3 is 0 Å². The number of hydrogen-bond donors (Lipinski definition) is 2. The van der Waals surface area contributed by atoms with Gasteiger partial charge in [-0.05, 0) is 74.0 Å². The Kier molecular flexibility index (Phi) is 4.47. The van der Waals surface area contributed by atoms with E-state index in [0.717, 1.165) is 24.2 Å². The lowest BCUT2D eigenvalue weighted by Crippen LogP contribution is -2.50. The van der Waals surface area contributed by atoms with E-state index in [1.54, 1.807) is 0 Å². The van der Waals surface area contributed by atoms with E-state index in [0.29, 0.717) is 18.8 Å². The molecule has 4 fully saturated rings. The second kappa shape index (κ2) is 6.21. The molecular weight excluding hydrogens is 276 g/mol. The van der Waals surface area contributed by atoms with E-state index < -0.39 is 0 Å². The first-order valence-electron chi connectivity index (χ1n) is 9.02. The van der Waals surface area contributed by atoms with Crippen molar-refractivity contribution in [3.05, 3.63) is 0 Å². The summed E-state index contributed by atoms with van der Waals surface area (Å²) < 4.78 is 0. The third-order valence-corrected chi connectivity index (χ3v) is 5.99. The summed E-state index contributed by atoms with van der Waals surface area (Å²) in [6, 6.07) is 0. The molecule has 4 heteroatoms. The fourth-order valence-electron chi connectivity index (χ4n) is 5.51. The summed E-state index contributed by atoms with van der Waals surface area (Å²) in [4.78, 5) is 23.9. The molecule has 124 valence electrons. The molecule has 4 rings (SSSR count). The third kappa shape index (κ3) is 3.64. The maximum atomic E-state index is 12.2. The summed E-state index contributed by atoms with van der Waals surface area (Å²) in [6.07, 6.45) is 9.81. The zero-order chi connectivity index (χ0) is 15.7. The van der Waals surface area contributed by atoms with E-state index in [1.165, 1.54) is 38.5 Å². The lowest BCUT2D eigenvalue weighted by Gasteiger charge is -2.56. The van der Waals surface area contributed by atoms with Crippen molar-refractivity contribution in [3.63, 3.8) is 0 Å². The Morgan fingerprint density at radius 2 is 1.45 bits per heavy atom. The van der Waals surface area contributed by atoms with Gasteiger partial charge in [-0.1, -0.05) is 13.8 Å². The highest BCUT2D eigenvalue weighted by molar-refractivity contribution is 5.82. The van der Waals surface area contributed by atoms with Gasteiger partial charge in [-0.2, -0.15) is 0 Å². The number of hydrazine groups is 1. The Morgan fingerprint density at radius 1 is 0.955 bits per heavy atom. The average molecular weight is 306 g/mol. The van der Waals surface area contributed by atoms with Crippen LogP contribution in [0.4, 0.5) is 0 Å². The number of carbonyl (C=O) groups excluding carboxylic acids is 2. The minimum atomic E-state index is -0.0763. The maximum absolute atomic E-state index is 12.2. The van der Waals surface area contributed by atoms with Crippen LogP contribution in [0.1, 0.15) is 71.6 Å². The van der Waals surface area contributed by atoms with Gasteiger partial charge in [0.25, 0.3) is 0 Å². The van der Waals surface area contributed by atoms with Gasteiger partial charge in [0.2, 0.25) is 11.8 Å². The molecule has 0 saturated heterocycles. The van der Waals surface area contributed by atoms with E-state index >= 15 is 0 Å². The molecule has 0 aromatic heterocycles. The summed E-state index contributed by atoms with van der Waals surface area (Å²) in [5, 5.41) is 0. The van der Waals surface area contributed by atoms with Gasteiger partial charge in [-0.25, -0.2) is 0 Å². The Morgan fingerprint density at radius 3 is 1.95 bits per heavy atom. The summed E-state index contributed by atoms with van der Waals surface area (Å²) >= 11 is 0. The summed E-state index contributed by atoms with van der Waals surface area (Å²) in [5.41, 5.74) is 5.46. The van der Waals surface area contributed by atoms with E-state index in [1.807, 2.05) is 0 Å². The van der Waals surface area contributed by atoms with Crippen LogP contribution in [-0.4, -0.2) is 11.8 Å². The molecule has 4 bridgehead atoms. The third-order valence-electron chi connectivity index (χ3n) is 5.99. The Hall–Kier alpha value is -1.06. The van der Waals surface area contributed by atoms with Gasteiger partial charge in [-0.3, -0.25) is 20.4 Å². The second-order valence-electron chi connectivity index (χ2n) is 8.62. The first-order valence-corrected chi connectivity index (χ1v) is 9.02. The first-order chi connectivity index (χ1) is 10.4. The Bertz CT molecular complexity index is 409. The van der Waals surface area contributed by atoms with Crippen LogP contribution in [0.5, 0.6) is 0 Å². The molecule has 2 amide bonds. The van der Waals surface area contributed by atoms with Gasteiger partial charge in [0, 0.05) is 12.8 Å². The van der Waals surface area contributed by atoms with Gasteiger partial charge >= 0.3 is 0 Å². The molecule has 22 heavy (non-hydrogen) atoms. The molecule has 0 heterocycles. The fourth-order valence-corrected chi connectivity index (χ4v) is 5.51. The minimum Gasteiger partial charge on any atom is -0.273 e. The highest BCUT2D eigenvalue weighted by Gasteiger charge is 2.51. The molecule has 4 aliphatic rings. The quantitative estimate of drug-likeness (QED) is 0.766. The maximum Gasteiger partial charge on any atom is 0.238 e. The summed E-state index contributed by atoms with van der Waals surface area (Å²) in [7, 11) is 0. The average Bonchev–Trinajstić information content (AvgIpc) is 2.40. The molecule has 0 aliphatic heterocycles. The lowest BCUT2D eigenvalue weighted by atomic mass is 9.49. The van der Waals surface area contributed by atoms with Crippen LogP contribution in [0, 0.1) is 29.1 Å². The predicted octanol–water partition coefficient (Wildman–Crippen LogP) is 3.18. The van der Waals surface area contributed by atoms with Crippen molar-refractivity contribution in [1.29, 1.82) is 0 Å². The van der Waals surface area contributed by atoms with E-state index in [4.69, 9.17) is 0 Å². The zero-order valence-corrected chi connectivity index (χ0v) is 14.0. The number of rotatable bonds is 5. The van der Waals surface area contributed by atoms with Gasteiger partial charge in [0.1, 0.15) is 0 Å². The summed E-state index contributed by atoms with van der Waals surface area (Å²) in [5.74, 6) is 3.01. The highest BCUT2D eigenvalue weighted by Crippen LogP contribution is 2.61. The molecule has 0 unspecified atom stereocenters. The van der Waals surface area contributed by atoms with Crippen molar-refractivity contribution in [3.8, 4) is 0 Å². The highest BCUT2D eigenvalue weighted by atomic mass is 16.2. The van der Waals surface area contributed by atoms with E-state index in [9.17, 15) is 9.59 Å². The molecule has 0 aromatic carbocycles. The molecule has 0 aromatic rings. The zero-order valence-electron chi connectivity index (χ0n) is 14.0. The van der Waals surface area contributed by atoms with Crippen molar-refractivity contribution in [1.82, 2.24) is 10.9 Å². The minimum absolute atomic E-state index is 0.000142. The fraction of sp³-hybridized carbons (Fsp3) is 0.889. The number of nitrogens with one attached hydrogen (secondary N) is 2. The van der Waals surface area contributed by atoms with Crippen molar-refractivity contribution in [2.24, 2.45) is 29.1 Å². The SMILES string of the molecule is CC(C)CCC(=O)NNC(=O)CC12CC3CC(CC(C3)C1)C2. The molecule has 4 aliphatic carbocycles. The van der Waals surface area contributed by atoms with Gasteiger partial charge in [0.05, 0.1) is 0 Å². The van der Waals surface area contributed by atoms with Crippen LogP contribution in [0.15, 0.2) is 0 Å². The van der Waals surface area contributed by atoms with Crippen LogP contribution in [0.2, 0.25) is 0 Å². The number of hydrogen-bond acceptors (Lipinski definition) is 2. The lowest BCUT2D eigenvalue weighted by molar-refractivity contribution is -0.134. The van der Waals surface area contributed by atoms with Crippen molar-refractivity contribution in [2.75, 3.05) is 0 Å². The van der Waals surface area contributed by atoms with Crippen molar-refractivity contribution in [2.45, 2.75) is 71.6 Å². The van der Waals surface area contributed by atoms with Crippen LogP contribution >= 0.6 is 0 Å². The van der Waals surface area contributed by atoms with Crippen LogP contribution in [0.25, 0.3) is 0 Å². The van der Waals surface area contributed by atoms with E-state index in [2.05, 4.69) is 24.7 Å². The largest absolute Gasteiger partial charge is 0.273 e. The monoisotopic (exact) mass is 306 g/mol. The molecule has 4 saturated carbocycles. The van der Waals surface area contributed by atoms with Gasteiger partial charge in [-0.15, -0.1) is 0 Å². The second-order valence-corrected chi connectivity index (χ2v) is 8.62. The molecule has 0 radical (unpaired) electrons. The van der Waals surface area contributed by atoms with Crippen LogP contribution in [0.3, 0.4) is 0 Å². The Balaban J connectivity index is 1.45. The molecule has 2 N–H and O–H groups in total. The molecule has 4 nitrogen and oxygen atoms in total. The molecular formula is C18H30N2O2. The predicted molar refractivity (Wildman–Crippen MR) is 85.6 cm³/mol. The molecule has 0 spiro atoms. The van der Waals surface area contributed by atoms with Crippen LogP contribution < -0.4 is 10.9 Å². The van der Waals surface area contributed by atoms with Crippen LogP contribution in [-0.2, 0) is 9.59 Å². The van der Waals surface area contributed by atoms with Gasteiger partial charge in [0.15, 0.2) is 0 Å². The number of amides is 2. The molecule has 0 atom stereocenters. The standard InChI is InChI=1S/C18H30N2O2/c1-12(2)3-4-16(21)19-20-17(22)11-18-8-13-5-14(9-18)7-15(6-13)10-18/h12-15H,3-11H2,1-2H3,(H,19,21)(H,20,22). The Labute approximate surface area is 133 Å². The van der Waals surface area contributed by atoms with Crippen molar-refractivity contribution >= 4 is 11.8 Å². The van der Waals surface area contributed by atoms with E-state index in [-0.39, 0.29) is 17.2 Å². The normalized spacial score (nSPS) is 35.7. The smallest absolute Gasteiger partial charge is 0.238 e. The van der Waals surface area contributed by atoms with Crippen molar-refractivity contribution < 1.29 is 9.59 Å². The summed E-state index contributed by atoms with van der Waals surface area (Å²) in [6.45, 7) is 4.19. The topological polar surface area (TPSA) is 58.2 Å². The number of carbonyl (C=O) groups is 2.